The summed E-state index contributed by atoms with van der Waals surface area (Å²) in [6, 6.07) is 7.66. The molecule has 4 nitrogen and oxygen atoms in total. The van der Waals surface area contributed by atoms with Gasteiger partial charge in [-0.2, -0.15) is 0 Å². The number of fused-ring (bicyclic) bond motifs is 1. The number of halogens is 1. The molecule has 0 radical (unpaired) electrons. The van der Waals surface area contributed by atoms with Crippen LogP contribution in [0.4, 0.5) is 5.69 Å². The largest absolute Gasteiger partial charge is 0.395 e. The minimum atomic E-state index is 0.196. The van der Waals surface area contributed by atoms with Crippen LogP contribution in [0, 0.1) is 0 Å². The van der Waals surface area contributed by atoms with Crippen molar-refractivity contribution in [2.24, 2.45) is 0 Å². The molecule has 1 heterocycles. The van der Waals surface area contributed by atoms with E-state index in [4.69, 9.17) is 16.7 Å². The van der Waals surface area contributed by atoms with Gasteiger partial charge in [-0.1, -0.05) is 18.5 Å². The monoisotopic (exact) mass is 293 g/mol. The molecule has 2 N–H and O–H groups in total. The van der Waals surface area contributed by atoms with Crippen LogP contribution in [0.1, 0.15) is 6.92 Å². The quantitative estimate of drug-likeness (QED) is 0.824. The minimum Gasteiger partial charge on any atom is -0.395 e. The fourth-order valence-electron chi connectivity index (χ4n) is 2.19. The number of nitrogens with zero attached hydrogens (tertiary/aromatic N) is 2. The van der Waals surface area contributed by atoms with Gasteiger partial charge in [0.05, 0.1) is 12.1 Å². The van der Waals surface area contributed by atoms with Crippen LogP contribution in [0.15, 0.2) is 30.5 Å². The number of likely N-dealkylation sites (N-methyl/N-ethyl adjacent to an activating group) is 1. The van der Waals surface area contributed by atoms with E-state index in [0.717, 1.165) is 36.2 Å². The number of pyridine rings is 1. The van der Waals surface area contributed by atoms with Crippen LogP contribution in [0.5, 0.6) is 0 Å². The number of hydrogen-bond acceptors (Lipinski definition) is 4. The number of aliphatic hydroxyl groups is 1. The lowest BCUT2D eigenvalue weighted by Crippen LogP contribution is -2.31. The average Bonchev–Trinajstić information content (AvgIpc) is 2.46. The molecule has 0 atom stereocenters. The van der Waals surface area contributed by atoms with Gasteiger partial charge in [-0.3, -0.25) is 9.88 Å². The van der Waals surface area contributed by atoms with Gasteiger partial charge in [-0.15, -0.1) is 0 Å². The van der Waals surface area contributed by atoms with Crippen molar-refractivity contribution >= 4 is 28.2 Å². The lowest BCUT2D eigenvalue weighted by Gasteiger charge is -2.19. The third-order valence-electron chi connectivity index (χ3n) is 3.31. The highest BCUT2D eigenvalue weighted by molar-refractivity contribution is 6.31. The number of nitrogens with one attached hydrogen (secondary N) is 1. The smallest absolute Gasteiger partial charge is 0.0723 e. The Balaban J connectivity index is 2.04. The molecule has 1 aromatic carbocycles. The van der Waals surface area contributed by atoms with Gasteiger partial charge < -0.3 is 10.4 Å². The van der Waals surface area contributed by atoms with Crippen molar-refractivity contribution in [3.8, 4) is 0 Å². The van der Waals surface area contributed by atoms with E-state index in [1.54, 1.807) is 6.20 Å². The van der Waals surface area contributed by atoms with Gasteiger partial charge in [0, 0.05) is 41.9 Å². The molecule has 2 rings (SSSR count). The second kappa shape index (κ2) is 7.43. The van der Waals surface area contributed by atoms with Crippen LogP contribution >= 0.6 is 11.6 Å². The van der Waals surface area contributed by atoms with E-state index >= 15 is 0 Å². The maximum absolute atomic E-state index is 8.97. The highest BCUT2D eigenvalue weighted by Gasteiger charge is 2.04. The zero-order chi connectivity index (χ0) is 14.4. The van der Waals surface area contributed by atoms with E-state index in [9.17, 15) is 0 Å². The van der Waals surface area contributed by atoms with Crippen molar-refractivity contribution in [3.63, 3.8) is 0 Å². The van der Waals surface area contributed by atoms with Gasteiger partial charge in [0.25, 0.3) is 0 Å². The van der Waals surface area contributed by atoms with Gasteiger partial charge in [0.15, 0.2) is 0 Å². The summed E-state index contributed by atoms with van der Waals surface area (Å²) in [5, 5.41) is 14.1. The van der Waals surface area contributed by atoms with Gasteiger partial charge in [-0.25, -0.2) is 0 Å². The second-order valence-corrected chi connectivity index (χ2v) is 5.04. The molecule has 0 saturated carbocycles. The second-order valence-electron chi connectivity index (χ2n) is 4.60. The number of aromatic nitrogens is 1. The van der Waals surface area contributed by atoms with Gasteiger partial charge >= 0.3 is 0 Å². The summed E-state index contributed by atoms with van der Waals surface area (Å²) in [5.74, 6) is 0. The maximum Gasteiger partial charge on any atom is 0.0723 e. The first-order valence-corrected chi connectivity index (χ1v) is 7.23. The van der Waals surface area contributed by atoms with Gasteiger partial charge in [-0.05, 0) is 30.8 Å². The Morgan fingerprint density at radius 2 is 2.15 bits per heavy atom. The molecule has 0 saturated heterocycles. The molecule has 0 amide bonds. The predicted octanol–water partition coefficient (Wildman–Crippen LogP) is 2.61. The Bertz CT molecular complexity index is 562. The molecule has 108 valence electrons. The molecule has 2 aromatic rings. The number of aliphatic hydroxyl groups excluding tert-OH is 1. The minimum absolute atomic E-state index is 0.196. The molecule has 5 heteroatoms. The van der Waals surface area contributed by atoms with Gasteiger partial charge in [0.2, 0.25) is 0 Å². The third-order valence-corrected chi connectivity index (χ3v) is 3.55. The van der Waals surface area contributed by atoms with Crippen molar-refractivity contribution in [1.82, 2.24) is 9.88 Å². The number of hydrogen-bond donors (Lipinski definition) is 2. The van der Waals surface area contributed by atoms with E-state index in [2.05, 4.69) is 22.1 Å². The highest BCUT2D eigenvalue weighted by atomic mass is 35.5. The third kappa shape index (κ3) is 3.82. The normalized spacial score (nSPS) is 11.2. The molecule has 0 aliphatic rings. The Morgan fingerprint density at radius 3 is 2.90 bits per heavy atom. The zero-order valence-electron chi connectivity index (χ0n) is 11.6. The fraction of sp³-hybridized carbons (Fsp3) is 0.400. The number of anilines is 1. The Labute approximate surface area is 124 Å². The van der Waals surface area contributed by atoms with E-state index in [1.165, 1.54) is 0 Å². The van der Waals surface area contributed by atoms with Crippen LogP contribution in [0.3, 0.4) is 0 Å². The molecule has 0 unspecified atom stereocenters. The summed E-state index contributed by atoms with van der Waals surface area (Å²) in [4.78, 5) is 6.53. The Hall–Kier alpha value is -1.36. The van der Waals surface area contributed by atoms with Crippen LogP contribution < -0.4 is 5.32 Å². The molecule has 0 fully saturated rings. The highest BCUT2D eigenvalue weighted by Crippen LogP contribution is 2.24. The first-order chi connectivity index (χ1) is 9.74. The molecule has 20 heavy (non-hydrogen) atoms. The number of rotatable bonds is 7. The lowest BCUT2D eigenvalue weighted by molar-refractivity contribution is 0.206. The molecule has 0 aliphatic carbocycles. The predicted molar refractivity (Wildman–Crippen MR) is 84.4 cm³/mol. The molecule has 0 bridgehead atoms. The molecular weight excluding hydrogens is 274 g/mol. The van der Waals surface area contributed by atoms with Crippen molar-refractivity contribution in [2.45, 2.75) is 6.92 Å². The van der Waals surface area contributed by atoms with E-state index in [0.29, 0.717) is 11.6 Å². The summed E-state index contributed by atoms with van der Waals surface area (Å²) in [6.07, 6.45) is 1.80. The average molecular weight is 294 g/mol. The summed E-state index contributed by atoms with van der Waals surface area (Å²) in [5.41, 5.74) is 1.97. The van der Waals surface area contributed by atoms with Crippen LogP contribution in [-0.4, -0.2) is 47.8 Å². The maximum atomic E-state index is 8.97. The Kier molecular flexibility index (Phi) is 5.59. The summed E-state index contributed by atoms with van der Waals surface area (Å²) >= 11 is 6.05. The summed E-state index contributed by atoms with van der Waals surface area (Å²) in [6.45, 7) is 5.64. The van der Waals surface area contributed by atoms with E-state index in [-0.39, 0.29) is 6.61 Å². The van der Waals surface area contributed by atoms with Crippen LogP contribution in [-0.2, 0) is 0 Å². The molecular formula is C15H20ClN3O. The van der Waals surface area contributed by atoms with E-state index in [1.807, 2.05) is 24.3 Å². The molecule has 0 spiro atoms. The van der Waals surface area contributed by atoms with Crippen LogP contribution in [0.25, 0.3) is 10.9 Å². The standard InChI is InChI=1S/C15H20ClN3O/c1-2-19(9-10-20)8-7-18-15-5-6-17-14-4-3-12(16)11-13(14)15/h3-6,11,20H,2,7-10H2,1H3,(H,17,18). The topological polar surface area (TPSA) is 48.4 Å². The first-order valence-electron chi connectivity index (χ1n) is 6.86. The van der Waals surface area contributed by atoms with Crippen LogP contribution in [0.2, 0.25) is 5.02 Å². The van der Waals surface area contributed by atoms with Crippen molar-refractivity contribution in [2.75, 3.05) is 38.1 Å². The first kappa shape index (κ1) is 15.0. The SMILES string of the molecule is CCN(CCO)CCNc1ccnc2ccc(Cl)cc12. The van der Waals surface area contributed by atoms with E-state index < -0.39 is 0 Å². The van der Waals surface area contributed by atoms with Crippen molar-refractivity contribution < 1.29 is 5.11 Å². The lowest BCUT2D eigenvalue weighted by atomic mass is 10.2. The zero-order valence-corrected chi connectivity index (χ0v) is 12.4. The molecule has 1 aromatic heterocycles. The van der Waals surface area contributed by atoms with Crippen molar-refractivity contribution in [3.05, 3.63) is 35.5 Å². The van der Waals surface area contributed by atoms with Crippen molar-refractivity contribution in [1.29, 1.82) is 0 Å². The van der Waals surface area contributed by atoms with Gasteiger partial charge in [0.1, 0.15) is 0 Å². The fourth-order valence-corrected chi connectivity index (χ4v) is 2.36. The number of benzene rings is 1. The summed E-state index contributed by atoms with van der Waals surface area (Å²) in [7, 11) is 0. The molecule has 0 aliphatic heterocycles. The summed E-state index contributed by atoms with van der Waals surface area (Å²) < 4.78 is 0. The Morgan fingerprint density at radius 1 is 1.30 bits per heavy atom.